The number of thioether (sulfide) groups is 1. The Labute approximate surface area is 200 Å². The summed E-state index contributed by atoms with van der Waals surface area (Å²) in [5.41, 5.74) is 1.25. The summed E-state index contributed by atoms with van der Waals surface area (Å²) in [5, 5.41) is 11.6. The lowest BCUT2D eigenvalue weighted by atomic mass is 10.1. The number of non-ortho nitro benzene ring substituents is 1. The van der Waals surface area contributed by atoms with Gasteiger partial charge in [0, 0.05) is 30.3 Å². The molecular weight excluding hydrogens is 454 g/mol. The number of nitro benzene ring substituents is 1. The van der Waals surface area contributed by atoms with E-state index in [-0.39, 0.29) is 11.6 Å². The van der Waals surface area contributed by atoms with Gasteiger partial charge in [-0.15, -0.1) is 6.58 Å². The van der Waals surface area contributed by atoms with Gasteiger partial charge in [0.1, 0.15) is 17.3 Å². The number of nitro groups is 1. The maximum Gasteiger partial charge on any atom is 0.270 e. The number of carbonyl (C=O) groups is 1. The molecule has 0 bridgehead atoms. The van der Waals surface area contributed by atoms with Crippen LogP contribution in [0.2, 0.25) is 0 Å². The number of carbonyl (C=O) groups excluding carboxylic acids is 1. The molecule has 172 valence electrons. The number of nitrogens with zero attached hydrogens (tertiary/aromatic N) is 3. The molecule has 1 saturated heterocycles. The van der Waals surface area contributed by atoms with Gasteiger partial charge >= 0.3 is 0 Å². The first-order valence-corrected chi connectivity index (χ1v) is 11.3. The number of aliphatic imine (C=N–C) groups is 1. The van der Waals surface area contributed by atoms with Crippen molar-refractivity contribution in [1.29, 1.82) is 0 Å². The summed E-state index contributed by atoms with van der Waals surface area (Å²) in [6.45, 7) is 6.55. The van der Waals surface area contributed by atoms with Crippen molar-refractivity contribution in [2.75, 3.05) is 13.2 Å². The highest BCUT2D eigenvalue weighted by atomic mass is 32.2. The molecule has 4 rings (SSSR count). The second kappa shape index (κ2) is 10.2. The minimum Gasteiger partial charge on any atom is -0.494 e. The fraction of sp³-hybridized carbons (Fsp3) is 0.120. The fourth-order valence-electron chi connectivity index (χ4n) is 3.26. The van der Waals surface area contributed by atoms with E-state index >= 15 is 0 Å². The Kier molecular flexibility index (Phi) is 6.93. The lowest BCUT2D eigenvalue weighted by Gasteiger charge is -2.12. The van der Waals surface area contributed by atoms with Crippen molar-refractivity contribution in [2.24, 2.45) is 4.99 Å². The van der Waals surface area contributed by atoms with Crippen LogP contribution in [0.3, 0.4) is 0 Å². The molecule has 0 N–H and O–H groups in total. The lowest BCUT2D eigenvalue weighted by molar-refractivity contribution is -0.384. The van der Waals surface area contributed by atoms with E-state index in [1.165, 1.54) is 23.9 Å². The summed E-state index contributed by atoms with van der Waals surface area (Å²) in [7, 11) is 0. The maximum atomic E-state index is 13.0. The van der Waals surface area contributed by atoms with Gasteiger partial charge in [-0.05, 0) is 55.1 Å². The SMILES string of the molecule is C=CCN1C(=O)C(=Cc2ccc(-c3cccc([N+](=O)[O-])c3)o2)SC1=Nc1ccc(OCC)cc1. The third kappa shape index (κ3) is 5.10. The molecule has 1 aromatic heterocycles. The summed E-state index contributed by atoms with van der Waals surface area (Å²) >= 11 is 1.24. The average molecular weight is 476 g/mol. The molecule has 0 unspecified atom stereocenters. The smallest absolute Gasteiger partial charge is 0.270 e. The van der Waals surface area contributed by atoms with Crippen LogP contribution in [-0.2, 0) is 4.79 Å². The highest BCUT2D eigenvalue weighted by Crippen LogP contribution is 2.35. The van der Waals surface area contributed by atoms with Gasteiger partial charge in [0.05, 0.1) is 22.1 Å². The van der Waals surface area contributed by atoms with E-state index in [1.807, 2.05) is 31.2 Å². The summed E-state index contributed by atoms with van der Waals surface area (Å²) in [6, 6.07) is 16.9. The first-order valence-electron chi connectivity index (χ1n) is 10.5. The molecule has 0 saturated carbocycles. The predicted molar refractivity (Wildman–Crippen MR) is 133 cm³/mol. The van der Waals surface area contributed by atoms with Crippen molar-refractivity contribution < 1.29 is 18.9 Å². The zero-order chi connectivity index (χ0) is 24.1. The van der Waals surface area contributed by atoms with E-state index < -0.39 is 4.92 Å². The number of amides is 1. The van der Waals surface area contributed by atoms with E-state index in [1.54, 1.807) is 41.3 Å². The molecule has 2 heterocycles. The second-order valence-electron chi connectivity index (χ2n) is 7.15. The second-order valence-corrected chi connectivity index (χ2v) is 8.15. The molecule has 9 heteroatoms. The van der Waals surface area contributed by atoms with Crippen LogP contribution in [0.5, 0.6) is 5.75 Å². The normalized spacial score (nSPS) is 15.8. The number of hydrogen-bond donors (Lipinski definition) is 0. The van der Waals surface area contributed by atoms with Crippen LogP contribution in [0, 0.1) is 10.1 Å². The van der Waals surface area contributed by atoms with Gasteiger partial charge in [0.2, 0.25) is 0 Å². The molecule has 0 spiro atoms. The molecule has 0 aliphatic carbocycles. The minimum atomic E-state index is -0.456. The predicted octanol–water partition coefficient (Wildman–Crippen LogP) is 6.04. The highest BCUT2D eigenvalue weighted by Gasteiger charge is 2.33. The van der Waals surface area contributed by atoms with E-state index in [0.717, 1.165) is 5.75 Å². The van der Waals surface area contributed by atoms with Crippen LogP contribution in [0.25, 0.3) is 17.4 Å². The Balaban J connectivity index is 1.59. The van der Waals surface area contributed by atoms with Gasteiger partial charge in [-0.25, -0.2) is 4.99 Å². The number of hydrogen-bond acceptors (Lipinski definition) is 7. The number of rotatable bonds is 8. The Bertz CT molecular complexity index is 1290. The van der Waals surface area contributed by atoms with Crippen LogP contribution in [0.1, 0.15) is 12.7 Å². The van der Waals surface area contributed by atoms with Crippen LogP contribution < -0.4 is 4.74 Å². The molecule has 1 aliphatic rings. The highest BCUT2D eigenvalue weighted by molar-refractivity contribution is 8.18. The molecule has 34 heavy (non-hydrogen) atoms. The van der Waals surface area contributed by atoms with Crippen molar-refractivity contribution in [3.05, 3.63) is 94.1 Å². The molecule has 1 fully saturated rings. The maximum absolute atomic E-state index is 13.0. The number of ether oxygens (including phenoxy) is 1. The quantitative estimate of drug-likeness (QED) is 0.170. The average Bonchev–Trinajstić information content (AvgIpc) is 3.41. The van der Waals surface area contributed by atoms with Gasteiger partial charge < -0.3 is 9.15 Å². The van der Waals surface area contributed by atoms with Gasteiger partial charge in [0.25, 0.3) is 11.6 Å². The lowest BCUT2D eigenvalue weighted by Crippen LogP contribution is -2.29. The minimum absolute atomic E-state index is 0.0226. The molecule has 8 nitrogen and oxygen atoms in total. The first kappa shape index (κ1) is 23.1. The van der Waals surface area contributed by atoms with E-state index in [2.05, 4.69) is 11.6 Å². The van der Waals surface area contributed by atoms with Crippen LogP contribution in [-0.4, -0.2) is 34.0 Å². The fourth-order valence-corrected chi connectivity index (χ4v) is 4.25. The standard InChI is InChI=1S/C25H21N3O5S/c1-3-14-27-24(29)23(34-25(27)26-18-8-10-20(11-9-18)32-4-2)16-21-12-13-22(33-21)17-6-5-7-19(15-17)28(30)31/h3,5-13,15-16H,1,4,14H2,2H3. The Morgan fingerprint density at radius 2 is 2.00 bits per heavy atom. The Morgan fingerprint density at radius 1 is 1.21 bits per heavy atom. The molecule has 1 aliphatic heterocycles. The Hall–Kier alpha value is -4.11. The molecule has 1 amide bonds. The number of amidine groups is 1. The summed E-state index contributed by atoms with van der Waals surface area (Å²) in [6.07, 6.45) is 3.28. The van der Waals surface area contributed by atoms with Crippen LogP contribution in [0.15, 0.2) is 87.6 Å². The molecule has 3 aromatic rings. The van der Waals surface area contributed by atoms with Crippen molar-refractivity contribution in [3.8, 4) is 17.1 Å². The van der Waals surface area contributed by atoms with E-state index in [0.29, 0.717) is 46.0 Å². The molecule has 2 aromatic carbocycles. The first-order chi connectivity index (χ1) is 16.5. The van der Waals surface area contributed by atoms with Crippen LogP contribution in [0.4, 0.5) is 11.4 Å². The molecule has 0 radical (unpaired) electrons. The topological polar surface area (TPSA) is 98.2 Å². The summed E-state index contributed by atoms with van der Waals surface area (Å²) in [5.74, 6) is 1.47. The number of benzene rings is 2. The Morgan fingerprint density at radius 3 is 2.71 bits per heavy atom. The molecule has 0 atom stereocenters. The van der Waals surface area contributed by atoms with Crippen molar-refractivity contribution in [3.63, 3.8) is 0 Å². The molecular formula is C25H21N3O5S. The zero-order valence-electron chi connectivity index (χ0n) is 18.3. The van der Waals surface area contributed by atoms with Gasteiger partial charge in [-0.1, -0.05) is 18.2 Å². The monoisotopic (exact) mass is 475 g/mol. The summed E-state index contributed by atoms with van der Waals surface area (Å²) in [4.78, 5) is 30.2. The number of furan rings is 1. The largest absolute Gasteiger partial charge is 0.494 e. The third-order valence-electron chi connectivity index (χ3n) is 4.81. The van der Waals surface area contributed by atoms with Crippen molar-refractivity contribution >= 4 is 40.3 Å². The third-order valence-corrected chi connectivity index (χ3v) is 5.82. The zero-order valence-corrected chi connectivity index (χ0v) is 19.2. The summed E-state index contributed by atoms with van der Waals surface area (Å²) < 4.78 is 11.3. The van der Waals surface area contributed by atoms with Gasteiger partial charge in [-0.3, -0.25) is 19.8 Å². The van der Waals surface area contributed by atoms with Gasteiger partial charge in [0.15, 0.2) is 5.17 Å². The van der Waals surface area contributed by atoms with Crippen molar-refractivity contribution in [1.82, 2.24) is 4.90 Å². The van der Waals surface area contributed by atoms with Crippen molar-refractivity contribution in [2.45, 2.75) is 6.92 Å². The van der Waals surface area contributed by atoms with Crippen LogP contribution >= 0.6 is 11.8 Å². The van der Waals surface area contributed by atoms with Gasteiger partial charge in [-0.2, -0.15) is 0 Å². The van der Waals surface area contributed by atoms with E-state index in [9.17, 15) is 14.9 Å². The van der Waals surface area contributed by atoms with E-state index in [4.69, 9.17) is 9.15 Å².